The molecule has 0 saturated carbocycles. The molecule has 0 fully saturated rings. The van der Waals surface area contributed by atoms with Crippen molar-refractivity contribution in [3.8, 4) is 11.1 Å². The highest BCUT2D eigenvalue weighted by Crippen LogP contribution is 2.20. The summed E-state index contributed by atoms with van der Waals surface area (Å²) >= 11 is 0. The molecule has 2 aromatic carbocycles. The predicted molar refractivity (Wildman–Crippen MR) is 83.1 cm³/mol. The highest BCUT2D eigenvalue weighted by molar-refractivity contribution is 5.96. The van der Waals surface area contributed by atoms with E-state index in [4.69, 9.17) is 1.43 Å². The zero-order valence-corrected chi connectivity index (χ0v) is 12.0. The molecule has 110 valence electrons. The lowest BCUT2D eigenvalue weighted by Crippen LogP contribution is -2.23. The maximum Gasteiger partial charge on any atom is 0.210 e. The van der Waals surface area contributed by atoms with Crippen LogP contribution in [0.1, 0.15) is 23.7 Å². The van der Waals surface area contributed by atoms with Crippen molar-refractivity contribution in [1.82, 2.24) is 0 Å². The first kappa shape index (κ1) is 14.0. The first-order valence-corrected chi connectivity index (χ1v) is 7.06. The Hall–Kier alpha value is -1.97. The fraction of sp³-hybridized carbons (Fsp3) is 0.278. The predicted octanol–water partition coefficient (Wildman–Crippen LogP) is 2.92. The molecule has 0 spiro atoms. The quantitative estimate of drug-likeness (QED) is 0.769. The Morgan fingerprint density at radius 3 is 2.29 bits per heavy atom. The Morgan fingerprint density at radius 2 is 1.71 bits per heavy atom. The highest BCUT2D eigenvalue weighted by Gasteiger charge is 2.19. The Kier molecular flexibility index (Phi) is 4.77. The third-order valence-corrected chi connectivity index (χ3v) is 3.66. The van der Waals surface area contributed by atoms with Gasteiger partial charge in [-0.05, 0) is 18.1 Å². The number of carbonyl (C=O) groups is 1. The molecule has 3 nitrogen and oxygen atoms in total. The van der Waals surface area contributed by atoms with Gasteiger partial charge in [0.25, 0.3) is 0 Å². The third kappa shape index (κ3) is 4.00. The summed E-state index contributed by atoms with van der Waals surface area (Å²) < 4.78 is 6.78. The Bertz CT molecular complexity index is 593. The molecule has 0 unspecified atom stereocenters. The van der Waals surface area contributed by atoms with Crippen LogP contribution in [-0.2, 0) is 0 Å². The molecular weight excluding hydrogens is 264 g/mol. The van der Waals surface area contributed by atoms with Gasteiger partial charge in [-0.15, -0.1) is 0 Å². The molecule has 0 heterocycles. The monoisotopic (exact) mass is 285 g/mol. The lowest BCUT2D eigenvalue weighted by Gasteiger charge is -2.16. The van der Waals surface area contributed by atoms with E-state index in [0.29, 0.717) is 5.56 Å². The number of carbonyl (C=O) groups excluding carboxylic acids is 1. The van der Waals surface area contributed by atoms with Gasteiger partial charge in [-0.2, -0.15) is 0 Å². The number of aliphatic hydroxyl groups excluding tert-OH is 2. The summed E-state index contributed by atoms with van der Waals surface area (Å²) in [5.41, 5.74) is 2.76. The van der Waals surface area contributed by atoms with Crippen LogP contribution >= 0.6 is 0 Å². The molecule has 3 heteroatoms. The van der Waals surface area contributed by atoms with Crippen molar-refractivity contribution < 1.29 is 15.0 Å². The average Bonchev–Trinajstić information content (AvgIpc) is 2.55. The van der Waals surface area contributed by atoms with Gasteiger partial charge in [0.05, 0.1) is 6.10 Å². The SMILES string of the molecule is [2H]OC[C@H](CC(=O)c1ccc(-c2ccccc2)cc1)[C@H](C)O. The Morgan fingerprint density at radius 1 is 1.10 bits per heavy atom. The Balaban J connectivity index is 2.08. The highest BCUT2D eigenvalue weighted by atomic mass is 16.3. The molecule has 0 radical (unpaired) electrons. The van der Waals surface area contributed by atoms with E-state index in [0.717, 1.165) is 11.1 Å². The topological polar surface area (TPSA) is 57.5 Å². The minimum Gasteiger partial charge on any atom is -0.396 e. The second-order valence-corrected chi connectivity index (χ2v) is 5.24. The van der Waals surface area contributed by atoms with Crippen molar-refractivity contribution in [2.75, 3.05) is 6.61 Å². The number of hydrogen-bond donors (Lipinski definition) is 2. The molecule has 2 N–H and O–H groups in total. The van der Waals surface area contributed by atoms with Crippen LogP contribution < -0.4 is 0 Å². The number of benzene rings is 2. The van der Waals surface area contributed by atoms with Crippen LogP contribution in [0.15, 0.2) is 54.6 Å². The maximum atomic E-state index is 12.3. The molecule has 0 aromatic heterocycles. The zero-order chi connectivity index (χ0) is 15.9. The minimum absolute atomic E-state index is 0.0471. The zero-order valence-electron chi connectivity index (χ0n) is 13.0. The van der Waals surface area contributed by atoms with Gasteiger partial charge < -0.3 is 10.2 Å². The second kappa shape index (κ2) is 7.16. The summed E-state index contributed by atoms with van der Waals surface area (Å²) in [7, 11) is 0. The molecule has 2 atom stereocenters. The van der Waals surface area contributed by atoms with Gasteiger partial charge in [-0.1, -0.05) is 54.6 Å². The lowest BCUT2D eigenvalue weighted by atomic mass is 9.94. The van der Waals surface area contributed by atoms with Crippen molar-refractivity contribution in [1.29, 1.82) is 1.43 Å². The molecule has 0 amide bonds. The molecule has 0 bridgehead atoms. The lowest BCUT2D eigenvalue weighted by molar-refractivity contribution is 0.0647. The average molecular weight is 285 g/mol. The fourth-order valence-electron chi connectivity index (χ4n) is 2.20. The van der Waals surface area contributed by atoms with Crippen molar-refractivity contribution in [2.45, 2.75) is 19.4 Å². The molecule has 0 aliphatic carbocycles. The summed E-state index contributed by atoms with van der Waals surface area (Å²) in [5, 5.41) is 13.9. The second-order valence-electron chi connectivity index (χ2n) is 5.24. The van der Waals surface area contributed by atoms with Crippen LogP contribution in [-0.4, -0.2) is 30.1 Å². The first-order valence-electron chi connectivity index (χ1n) is 7.47. The van der Waals surface area contributed by atoms with Gasteiger partial charge >= 0.3 is 0 Å². The van der Waals surface area contributed by atoms with E-state index in [9.17, 15) is 9.90 Å². The van der Waals surface area contributed by atoms with Gasteiger partial charge in [0.2, 0.25) is 1.43 Å². The summed E-state index contributed by atoms with van der Waals surface area (Å²) in [6, 6.07) is 17.4. The van der Waals surface area contributed by atoms with Crippen molar-refractivity contribution in [3.05, 3.63) is 60.2 Å². The molecule has 0 saturated heterocycles. The summed E-state index contributed by atoms with van der Waals surface area (Å²) in [6.45, 7) is 1.65. The molecular formula is C18H20O3. The van der Waals surface area contributed by atoms with E-state index in [-0.39, 0.29) is 24.7 Å². The summed E-state index contributed by atoms with van der Waals surface area (Å²) in [6.07, 6.45) is -0.515. The normalized spacial score (nSPS) is 14.3. The number of ketones is 1. The summed E-state index contributed by atoms with van der Waals surface area (Å²) in [5.74, 6) is -0.415. The number of aliphatic hydroxyl groups is 2. The van der Waals surface area contributed by atoms with Crippen LogP contribution in [0, 0.1) is 5.92 Å². The van der Waals surface area contributed by atoms with Crippen LogP contribution in [0.3, 0.4) is 0 Å². The number of rotatable bonds is 7. The molecule has 21 heavy (non-hydrogen) atoms. The number of Topliss-reactive ketones (excluding diaryl/α,β-unsaturated/α-hetero) is 1. The third-order valence-electron chi connectivity index (χ3n) is 3.66. The molecule has 2 rings (SSSR count). The van der Waals surface area contributed by atoms with Crippen molar-refractivity contribution in [3.63, 3.8) is 0 Å². The van der Waals surface area contributed by atoms with Gasteiger partial charge in [0, 0.05) is 24.5 Å². The minimum atomic E-state index is -0.683. The molecule has 0 aliphatic rings. The molecule has 0 aliphatic heterocycles. The van der Waals surface area contributed by atoms with Gasteiger partial charge in [0.1, 0.15) is 0 Å². The van der Waals surface area contributed by atoms with Gasteiger partial charge in [0.15, 0.2) is 5.78 Å². The largest absolute Gasteiger partial charge is 0.396 e. The van der Waals surface area contributed by atoms with E-state index in [1.54, 1.807) is 19.1 Å². The first-order chi connectivity index (χ1) is 10.6. The van der Waals surface area contributed by atoms with Crippen LogP contribution in [0.4, 0.5) is 0 Å². The van der Waals surface area contributed by atoms with E-state index in [1.807, 2.05) is 42.5 Å². The van der Waals surface area contributed by atoms with Crippen LogP contribution in [0.2, 0.25) is 0 Å². The van der Waals surface area contributed by atoms with Crippen molar-refractivity contribution in [2.24, 2.45) is 5.92 Å². The smallest absolute Gasteiger partial charge is 0.210 e. The molecule has 2 aromatic rings. The van der Waals surface area contributed by atoms with Crippen LogP contribution in [0.25, 0.3) is 11.1 Å². The van der Waals surface area contributed by atoms with Crippen LogP contribution in [0.5, 0.6) is 0 Å². The van der Waals surface area contributed by atoms with Crippen molar-refractivity contribution >= 4 is 5.78 Å². The summed E-state index contributed by atoms with van der Waals surface area (Å²) in [4.78, 5) is 12.3. The Labute approximate surface area is 126 Å². The van der Waals surface area contributed by atoms with E-state index >= 15 is 0 Å². The van der Waals surface area contributed by atoms with Gasteiger partial charge in [-0.25, -0.2) is 0 Å². The van der Waals surface area contributed by atoms with E-state index < -0.39 is 6.10 Å². The van der Waals surface area contributed by atoms with Gasteiger partial charge in [-0.3, -0.25) is 4.79 Å². The van der Waals surface area contributed by atoms with E-state index in [2.05, 4.69) is 5.11 Å². The fourth-order valence-corrected chi connectivity index (χ4v) is 2.20. The maximum absolute atomic E-state index is 12.3. The number of hydrogen-bond acceptors (Lipinski definition) is 3. The standard InChI is InChI=1S/C18H20O3/c1-13(20)17(12-19)11-18(21)16-9-7-15(8-10-16)14-5-3-2-4-6-14/h2-10,13,17,19-20H,11-12H2,1H3/t13-,17-/m0/s1/i19D. The van der Waals surface area contributed by atoms with E-state index in [1.165, 1.54) is 0 Å².